The van der Waals surface area contributed by atoms with Crippen molar-refractivity contribution >= 4 is 22.0 Å². The van der Waals surface area contributed by atoms with Crippen LogP contribution < -0.4 is 15.6 Å². The lowest BCUT2D eigenvalue weighted by Crippen LogP contribution is -2.16. The standard InChI is InChI=1S/C19H21N3O2S/c1-13-12-25-19-21-15(10-18(23)22(13)19)11-20-14-5-4-8-17(9-14)24-16-6-2-3-7-16/h4-5,8-10,12,16,20H,2-3,6-7,11H2,1H3. The van der Waals surface area contributed by atoms with Crippen LogP contribution >= 0.6 is 11.3 Å². The van der Waals surface area contributed by atoms with E-state index in [9.17, 15) is 4.79 Å². The third-order valence-electron chi connectivity index (χ3n) is 4.54. The first kappa shape index (κ1) is 16.1. The Morgan fingerprint density at radius 3 is 3.00 bits per heavy atom. The van der Waals surface area contributed by atoms with Crippen molar-refractivity contribution in [3.63, 3.8) is 0 Å². The number of anilines is 1. The average molecular weight is 355 g/mol. The lowest BCUT2D eigenvalue weighted by molar-refractivity contribution is 0.210. The normalized spacial score (nSPS) is 14.9. The summed E-state index contributed by atoms with van der Waals surface area (Å²) in [7, 11) is 0. The van der Waals surface area contributed by atoms with E-state index in [-0.39, 0.29) is 5.56 Å². The van der Waals surface area contributed by atoms with Gasteiger partial charge in [-0.1, -0.05) is 6.07 Å². The number of fused-ring (bicyclic) bond motifs is 1. The van der Waals surface area contributed by atoms with Crippen molar-refractivity contribution in [2.45, 2.75) is 45.3 Å². The first-order chi connectivity index (χ1) is 12.2. The van der Waals surface area contributed by atoms with Crippen molar-refractivity contribution in [3.8, 4) is 5.75 Å². The minimum Gasteiger partial charge on any atom is -0.490 e. The van der Waals surface area contributed by atoms with E-state index in [1.54, 1.807) is 10.5 Å². The number of hydrogen-bond donors (Lipinski definition) is 1. The summed E-state index contributed by atoms with van der Waals surface area (Å²) in [5.41, 5.74) is 2.61. The van der Waals surface area contributed by atoms with Crippen molar-refractivity contribution in [2.24, 2.45) is 0 Å². The number of aromatic nitrogens is 2. The van der Waals surface area contributed by atoms with Gasteiger partial charge < -0.3 is 10.1 Å². The Hall–Kier alpha value is -2.34. The smallest absolute Gasteiger partial charge is 0.259 e. The van der Waals surface area contributed by atoms with E-state index in [1.807, 2.05) is 36.6 Å². The van der Waals surface area contributed by atoms with Gasteiger partial charge in [0, 0.05) is 28.9 Å². The molecule has 1 aliphatic carbocycles. The van der Waals surface area contributed by atoms with Gasteiger partial charge in [-0.15, -0.1) is 11.3 Å². The predicted octanol–water partition coefficient (Wildman–Crippen LogP) is 4.00. The number of nitrogens with zero attached hydrogens (tertiary/aromatic N) is 2. The number of rotatable bonds is 5. The first-order valence-corrected chi connectivity index (χ1v) is 9.54. The fraction of sp³-hybridized carbons (Fsp3) is 0.368. The second kappa shape index (κ2) is 6.88. The highest BCUT2D eigenvalue weighted by Gasteiger charge is 2.16. The molecule has 2 heterocycles. The van der Waals surface area contributed by atoms with Gasteiger partial charge in [-0.05, 0) is 44.7 Å². The third kappa shape index (κ3) is 3.54. The Balaban J connectivity index is 1.46. The molecule has 2 aromatic heterocycles. The third-order valence-corrected chi connectivity index (χ3v) is 5.48. The van der Waals surface area contributed by atoms with E-state index < -0.39 is 0 Å². The van der Waals surface area contributed by atoms with Crippen LogP contribution in [0.1, 0.15) is 37.1 Å². The van der Waals surface area contributed by atoms with Crippen LogP contribution in [0.25, 0.3) is 4.96 Å². The largest absolute Gasteiger partial charge is 0.490 e. The monoisotopic (exact) mass is 355 g/mol. The van der Waals surface area contributed by atoms with E-state index in [0.29, 0.717) is 12.6 Å². The highest BCUT2D eigenvalue weighted by molar-refractivity contribution is 7.15. The molecule has 1 saturated carbocycles. The van der Waals surface area contributed by atoms with Gasteiger partial charge in [0.15, 0.2) is 4.96 Å². The number of benzene rings is 1. The molecule has 0 spiro atoms. The molecule has 130 valence electrons. The minimum absolute atomic E-state index is 0.0288. The van der Waals surface area contributed by atoms with Crippen LogP contribution in [0.2, 0.25) is 0 Å². The zero-order valence-corrected chi connectivity index (χ0v) is 15.0. The molecule has 0 unspecified atom stereocenters. The molecule has 0 radical (unpaired) electrons. The molecule has 1 aromatic carbocycles. The molecule has 0 saturated heterocycles. The molecule has 4 rings (SSSR count). The molecule has 0 amide bonds. The van der Waals surface area contributed by atoms with Crippen LogP contribution in [0.4, 0.5) is 5.69 Å². The lowest BCUT2D eigenvalue weighted by atomic mass is 10.2. The fourth-order valence-corrected chi connectivity index (χ4v) is 4.15. The molecule has 1 N–H and O–H groups in total. The number of aryl methyl sites for hydroxylation is 1. The summed E-state index contributed by atoms with van der Waals surface area (Å²) in [5, 5.41) is 5.29. The van der Waals surface area contributed by atoms with E-state index >= 15 is 0 Å². The van der Waals surface area contributed by atoms with Gasteiger partial charge in [-0.2, -0.15) is 0 Å². The molecule has 0 bridgehead atoms. The van der Waals surface area contributed by atoms with Gasteiger partial charge in [0.05, 0.1) is 18.3 Å². The van der Waals surface area contributed by atoms with Crippen molar-refractivity contribution in [3.05, 3.63) is 57.5 Å². The molecule has 0 aliphatic heterocycles. The van der Waals surface area contributed by atoms with E-state index in [2.05, 4.69) is 10.3 Å². The Labute approximate surface area is 150 Å². The van der Waals surface area contributed by atoms with E-state index in [1.165, 1.54) is 24.2 Å². The summed E-state index contributed by atoms with van der Waals surface area (Å²) < 4.78 is 7.68. The van der Waals surface area contributed by atoms with Crippen LogP contribution in [0.3, 0.4) is 0 Å². The maximum atomic E-state index is 12.2. The maximum Gasteiger partial charge on any atom is 0.259 e. The topological polar surface area (TPSA) is 55.6 Å². The number of ether oxygens (including phenoxy) is 1. The Kier molecular flexibility index (Phi) is 4.44. The molecular weight excluding hydrogens is 334 g/mol. The first-order valence-electron chi connectivity index (χ1n) is 8.66. The highest BCUT2D eigenvalue weighted by atomic mass is 32.1. The number of thiazole rings is 1. The molecule has 3 aromatic rings. The Morgan fingerprint density at radius 1 is 1.32 bits per heavy atom. The second-order valence-corrected chi connectivity index (χ2v) is 7.32. The SMILES string of the molecule is Cc1csc2nc(CNc3cccc(OC4CCCC4)c3)cc(=O)n12. The van der Waals surface area contributed by atoms with Crippen LogP contribution in [0.15, 0.2) is 40.5 Å². The van der Waals surface area contributed by atoms with Crippen LogP contribution in [0, 0.1) is 6.92 Å². The predicted molar refractivity (Wildman–Crippen MR) is 101 cm³/mol. The van der Waals surface area contributed by atoms with Crippen LogP contribution in [0.5, 0.6) is 5.75 Å². The summed E-state index contributed by atoms with van der Waals surface area (Å²) in [6.45, 7) is 2.43. The van der Waals surface area contributed by atoms with Gasteiger partial charge in [-0.3, -0.25) is 9.20 Å². The zero-order valence-electron chi connectivity index (χ0n) is 14.2. The van der Waals surface area contributed by atoms with Gasteiger partial charge >= 0.3 is 0 Å². The molecular formula is C19H21N3O2S. The lowest BCUT2D eigenvalue weighted by Gasteiger charge is -2.14. The summed E-state index contributed by atoms with van der Waals surface area (Å²) >= 11 is 1.49. The van der Waals surface area contributed by atoms with E-state index in [0.717, 1.165) is 40.6 Å². The number of nitrogens with one attached hydrogen (secondary N) is 1. The van der Waals surface area contributed by atoms with Crippen molar-refractivity contribution in [1.29, 1.82) is 0 Å². The van der Waals surface area contributed by atoms with Crippen LogP contribution in [-0.4, -0.2) is 15.5 Å². The zero-order chi connectivity index (χ0) is 17.2. The maximum absolute atomic E-state index is 12.2. The van der Waals surface area contributed by atoms with Gasteiger partial charge in [-0.25, -0.2) is 4.98 Å². The highest BCUT2D eigenvalue weighted by Crippen LogP contribution is 2.26. The molecule has 0 atom stereocenters. The molecule has 25 heavy (non-hydrogen) atoms. The fourth-order valence-electron chi connectivity index (χ4n) is 3.26. The quantitative estimate of drug-likeness (QED) is 0.752. The van der Waals surface area contributed by atoms with Crippen LogP contribution in [-0.2, 0) is 6.54 Å². The molecule has 1 aliphatic rings. The van der Waals surface area contributed by atoms with Gasteiger partial charge in [0.25, 0.3) is 5.56 Å². The van der Waals surface area contributed by atoms with E-state index in [4.69, 9.17) is 4.74 Å². The minimum atomic E-state index is -0.0288. The summed E-state index contributed by atoms with van der Waals surface area (Å²) in [6.07, 6.45) is 5.15. The summed E-state index contributed by atoms with van der Waals surface area (Å²) in [6, 6.07) is 9.59. The Morgan fingerprint density at radius 2 is 2.16 bits per heavy atom. The summed E-state index contributed by atoms with van der Waals surface area (Å²) in [5.74, 6) is 0.897. The average Bonchev–Trinajstić information content (AvgIpc) is 3.24. The Bertz CT molecular complexity index is 941. The molecule has 1 fully saturated rings. The second-order valence-electron chi connectivity index (χ2n) is 6.49. The number of hydrogen-bond acceptors (Lipinski definition) is 5. The van der Waals surface area contributed by atoms with Crippen molar-refractivity contribution < 1.29 is 4.74 Å². The molecule has 5 nitrogen and oxygen atoms in total. The van der Waals surface area contributed by atoms with Crippen molar-refractivity contribution in [1.82, 2.24) is 9.38 Å². The van der Waals surface area contributed by atoms with Gasteiger partial charge in [0.1, 0.15) is 5.75 Å². The molecule has 6 heteroatoms. The van der Waals surface area contributed by atoms with Gasteiger partial charge in [0.2, 0.25) is 0 Å². The van der Waals surface area contributed by atoms with Crippen molar-refractivity contribution in [2.75, 3.05) is 5.32 Å². The summed E-state index contributed by atoms with van der Waals surface area (Å²) in [4.78, 5) is 17.5.